The number of imide groups is 1. The number of carboxylic acids is 1. The third kappa shape index (κ3) is 3.81. The van der Waals surface area contributed by atoms with Crippen LogP contribution in [-0.4, -0.2) is 65.1 Å². The quantitative estimate of drug-likeness (QED) is 0.523. The number of carbonyl (C=O) groups is 3. The van der Waals surface area contributed by atoms with Gasteiger partial charge in [0.15, 0.2) is 11.9 Å². The molecule has 0 spiro atoms. The molecule has 0 radical (unpaired) electrons. The van der Waals surface area contributed by atoms with Crippen LogP contribution in [0.4, 0.5) is 4.79 Å². The zero-order valence-electron chi connectivity index (χ0n) is 13.3. The van der Waals surface area contributed by atoms with Gasteiger partial charge in [0.05, 0.1) is 5.97 Å². The van der Waals surface area contributed by atoms with E-state index in [0.29, 0.717) is 5.71 Å². The van der Waals surface area contributed by atoms with Crippen LogP contribution >= 0.6 is 0 Å². The fourth-order valence-corrected chi connectivity index (χ4v) is 1.99. The van der Waals surface area contributed by atoms with Crippen molar-refractivity contribution in [2.24, 2.45) is 9.98 Å². The van der Waals surface area contributed by atoms with Gasteiger partial charge in [-0.15, -0.1) is 0 Å². The predicted octanol–water partition coefficient (Wildman–Crippen LogP) is -3.92. The molecule has 0 bridgehead atoms. The van der Waals surface area contributed by atoms with Crippen molar-refractivity contribution in [3.05, 3.63) is 29.8 Å². The molecule has 2 heterocycles. The van der Waals surface area contributed by atoms with Gasteiger partial charge in [-0.1, -0.05) is 12.1 Å². The van der Waals surface area contributed by atoms with Gasteiger partial charge in [0.25, 0.3) is 5.91 Å². The maximum Gasteiger partial charge on any atom is 1.00 e. The summed E-state index contributed by atoms with van der Waals surface area (Å²) in [4.78, 5) is 43.1. The van der Waals surface area contributed by atoms with E-state index in [9.17, 15) is 19.5 Å². The fourth-order valence-electron chi connectivity index (χ4n) is 1.99. The number of urea groups is 1. The number of phenols is 1. The molecule has 1 atom stereocenters. The Morgan fingerprint density at radius 3 is 2.42 bits per heavy atom. The number of fused-ring (bicyclic) bond motifs is 1. The van der Waals surface area contributed by atoms with Crippen LogP contribution in [0.25, 0.3) is 0 Å². The summed E-state index contributed by atoms with van der Waals surface area (Å²) < 4.78 is 0. The number of rotatable bonds is 1. The van der Waals surface area contributed by atoms with E-state index in [1.54, 1.807) is 13.1 Å². The molecule has 1 unspecified atom stereocenters. The molecule has 3 amide bonds. The standard InChI is InChI=1S/C7H8N4O2.C7H6O3.Na/c1-10-5-4(8-3-9-5)6(12)11(2)7(10)13;8-6-4-2-1-3-5(6)7(9)10;/h3,5H,1-2H3;1-4,8H,(H,9,10);/q;;+1/p-1. The number of aromatic hydroxyl groups is 1. The molecule has 120 valence electrons. The molecule has 1 fully saturated rings. The molecule has 2 aliphatic heterocycles. The molecule has 3 rings (SSSR count). The molecule has 0 aromatic heterocycles. The van der Waals surface area contributed by atoms with Crippen molar-refractivity contribution >= 4 is 30.0 Å². The van der Waals surface area contributed by atoms with Crippen LogP contribution in [0.15, 0.2) is 34.3 Å². The Labute approximate surface area is 159 Å². The van der Waals surface area contributed by atoms with E-state index < -0.39 is 12.1 Å². The number of hydrogen-bond acceptors (Lipinski definition) is 7. The summed E-state index contributed by atoms with van der Waals surface area (Å²) in [5.74, 6) is -1.99. The van der Waals surface area contributed by atoms with Gasteiger partial charge in [-0.3, -0.25) is 14.6 Å². The van der Waals surface area contributed by atoms with Crippen LogP contribution in [0.1, 0.15) is 10.4 Å². The molecule has 9 nitrogen and oxygen atoms in total. The minimum atomic E-state index is -1.36. The summed E-state index contributed by atoms with van der Waals surface area (Å²) in [5, 5.41) is 19.0. The molecular weight excluding hydrogens is 327 g/mol. The Bertz CT molecular complexity index is 734. The number of para-hydroxylation sites is 1. The summed E-state index contributed by atoms with van der Waals surface area (Å²) in [6.45, 7) is 0. The van der Waals surface area contributed by atoms with Gasteiger partial charge < -0.3 is 15.0 Å². The average Bonchev–Trinajstić information content (AvgIpc) is 3.01. The SMILES string of the molecule is CN1C(=O)C2=NC=NC2N(C)C1=O.O=C([O-])c1ccccc1O.[Na+]. The number of carbonyl (C=O) groups excluding carboxylic acids is 3. The molecule has 10 heteroatoms. The number of aliphatic imine (C=N–C) groups is 2. The molecule has 24 heavy (non-hydrogen) atoms. The summed E-state index contributed by atoms with van der Waals surface area (Å²) in [6, 6.07) is 5.29. The molecule has 1 aromatic rings. The van der Waals surface area contributed by atoms with Gasteiger partial charge in [-0.25, -0.2) is 14.8 Å². The van der Waals surface area contributed by atoms with E-state index in [2.05, 4.69) is 9.98 Å². The minimum absolute atomic E-state index is 0. The van der Waals surface area contributed by atoms with E-state index in [1.165, 1.54) is 36.5 Å². The predicted molar refractivity (Wildman–Crippen MR) is 78.1 cm³/mol. The number of aromatic carboxylic acids is 1. The van der Waals surface area contributed by atoms with E-state index >= 15 is 0 Å². The Balaban J connectivity index is 0.000000238. The third-order valence-corrected chi connectivity index (χ3v) is 3.25. The molecule has 1 saturated heterocycles. The van der Waals surface area contributed by atoms with Crippen molar-refractivity contribution in [1.82, 2.24) is 9.80 Å². The first-order valence-electron chi connectivity index (χ1n) is 6.48. The smallest absolute Gasteiger partial charge is 0.545 e. The van der Waals surface area contributed by atoms with Crippen LogP contribution in [0.5, 0.6) is 5.75 Å². The maximum atomic E-state index is 11.4. The van der Waals surface area contributed by atoms with Crippen molar-refractivity contribution in [3.63, 3.8) is 0 Å². The van der Waals surface area contributed by atoms with E-state index in [1.807, 2.05) is 0 Å². The molecule has 0 aliphatic carbocycles. The topological polar surface area (TPSA) is 126 Å². The fraction of sp³-hybridized carbons (Fsp3) is 0.214. The van der Waals surface area contributed by atoms with E-state index in [4.69, 9.17) is 5.11 Å². The number of hydrogen-bond donors (Lipinski definition) is 1. The first-order chi connectivity index (χ1) is 10.8. The molecule has 0 saturated carbocycles. The summed E-state index contributed by atoms with van der Waals surface area (Å²) in [5.41, 5.74) is 0.132. The largest absolute Gasteiger partial charge is 1.00 e. The van der Waals surface area contributed by atoms with Crippen LogP contribution in [0, 0.1) is 0 Å². The van der Waals surface area contributed by atoms with Gasteiger partial charge in [-0.05, 0) is 12.1 Å². The second kappa shape index (κ2) is 8.04. The Morgan fingerprint density at radius 2 is 1.88 bits per heavy atom. The van der Waals surface area contributed by atoms with Crippen molar-refractivity contribution < 1.29 is 54.2 Å². The maximum absolute atomic E-state index is 11.4. The van der Waals surface area contributed by atoms with Gasteiger partial charge in [0.2, 0.25) is 0 Å². The first kappa shape index (κ1) is 19.8. The van der Waals surface area contributed by atoms with Gasteiger partial charge >= 0.3 is 35.6 Å². The van der Waals surface area contributed by atoms with Crippen LogP contribution < -0.4 is 34.7 Å². The van der Waals surface area contributed by atoms with Gasteiger partial charge in [0, 0.05) is 19.7 Å². The van der Waals surface area contributed by atoms with Gasteiger partial charge in [-0.2, -0.15) is 0 Å². The number of carboxylic acid groups (broad SMARTS) is 1. The Hall–Kier alpha value is -2.23. The molecule has 1 N–H and O–H groups in total. The second-order valence-corrected chi connectivity index (χ2v) is 4.71. The van der Waals surface area contributed by atoms with E-state index in [-0.39, 0.29) is 52.8 Å². The first-order valence-corrected chi connectivity index (χ1v) is 6.48. The second-order valence-electron chi connectivity index (χ2n) is 4.71. The van der Waals surface area contributed by atoms with Crippen molar-refractivity contribution in [1.29, 1.82) is 0 Å². The zero-order valence-corrected chi connectivity index (χ0v) is 15.3. The summed E-state index contributed by atoms with van der Waals surface area (Å²) in [6.07, 6.45) is 0.789. The molecule has 2 aliphatic rings. The van der Waals surface area contributed by atoms with Crippen LogP contribution in [0.3, 0.4) is 0 Å². The monoisotopic (exact) mass is 340 g/mol. The van der Waals surface area contributed by atoms with Crippen molar-refractivity contribution in [3.8, 4) is 5.75 Å². The zero-order chi connectivity index (χ0) is 17.1. The van der Waals surface area contributed by atoms with Crippen molar-refractivity contribution in [2.75, 3.05) is 14.1 Å². The molecular formula is C14H13N4NaO5. The average molecular weight is 340 g/mol. The van der Waals surface area contributed by atoms with E-state index in [0.717, 1.165) is 4.90 Å². The molecule has 1 aromatic carbocycles. The van der Waals surface area contributed by atoms with Crippen LogP contribution in [-0.2, 0) is 4.79 Å². The Morgan fingerprint density at radius 1 is 1.25 bits per heavy atom. The third-order valence-electron chi connectivity index (χ3n) is 3.25. The number of benzene rings is 1. The van der Waals surface area contributed by atoms with Crippen LogP contribution in [0.2, 0.25) is 0 Å². The summed E-state index contributed by atoms with van der Waals surface area (Å²) >= 11 is 0. The minimum Gasteiger partial charge on any atom is -0.545 e. The number of nitrogens with zero attached hydrogens (tertiary/aromatic N) is 4. The summed E-state index contributed by atoms with van der Waals surface area (Å²) in [7, 11) is 3.02. The Kier molecular flexibility index (Phi) is 6.64. The number of amides is 3. The van der Waals surface area contributed by atoms with Gasteiger partial charge in [0.1, 0.15) is 12.1 Å². The van der Waals surface area contributed by atoms with Crippen molar-refractivity contribution in [2.45, 2.75) is 6.17 Å². The normalized spacial score (nSPS) is 18.2.